The number of hydrogen-bond acceptors (Lipinski definition) is 4. The highest BCUT2D eigenvalue weighted by Gasteiger charge is 2.15. The summed E-state index contributed by atoms with van der Waals surface area (Å²) in [6, 6.07) is 51.3. The van der Waals surface area contributed by atoms with E-state index in [0.29, 0.717) is 0 Å². The van der Waals surface area contributed by atoms with Crippen LogP contribution in [0.5, 0.6) is 0 Å². The molecule has 0 bridgehead atoms. The maximum absolute atomic E-state index is 6.05. The van der Waals surface area contributed by atoms with Gasteiger partial charge in [-0.3, -0.25) is 9.97 Å². The van der Waals surface area contributed by atoms with Crippen molar-refractivity contribution >= 4 is 65.7 Å². The van der Waals surface area contributed by atoms with Gasteiger partial charge in [0.05, 0.1) is 11.0 Å². The van der Waals surface area contributed by atoms with Gasteiger partial charge in [0.2, 0.25) is 0 Å². The molecule has 0 aliphatic rings. The Morgan fingerprint density at radius 1 is 0.333 bits per heavy atom. The summed E-state index contributed by atoms with van der Waals surface area (Å²) >= 11 is 0. The van der Waals surface area contributed by atoms with Crippen molar-refractivity contribution in [3.63, 3.8) is 0 Å². The maximum atomic E-state index is 6.05. The van der Waals surface area contributed by atoms with Gasteiger partial charge in [0.15, 0.2) is 0 Å². The van der Waals surface area contributed by atoms with Crippen molar-refractivity contribution in [3.05, 3.63) is 169 Å². The van der Waals surface area contributed by atoms with Gasteiger partial charge in [0, 0.05) is 55.8 Å². The first-order valence-corrected chi connectivity index (χ1v) is 18.3. The number of pyridine rings is 2. The van der Waals surface area contributed by atoms with Gasteiger partial charge in [0.1, 0.15) is 22.3 Å². The van der Waals surface area contributed by atoms with Gasteiger partial charge in [-0.05, 0) is 94.8 Å². The first kappa shape index (κ1) is 30.6. The highest BCUT2D eigenvalue weighted by atomic mass is 16.3. The van der Waals surface area contributed by atoms with Gasteiger partial charge in [-0.25, -0.2) is 0 Å². The molecule has 4 heterocycles. The smallest absolute Gasteiger partial charge is 0.135 e. The van der Waals surface area contributed by atoms with Crippen LogP contribution >= 0.6 is 0 Å². The number of aromatic nitrogens is 2. The molecule has 7 aromatic carbocycles. The Hall–Kier alpha value is -7.04. The molecule has 11 rings (SSSR count). The fourth-order valence-electron chi connectivity index (χ4n) is 8.27. The summed E-state index contributed by atoms with van der Waals surface area (Å²) < 4.78 is 12.1. The lowest BCUT2D eigenvalue weighted by molar-refractivity contribution is 0.668. The third-order valence-electron chi connectivity index (χ3n) is 11.2. The minimum absolute atomic E-state index is 0.909. The Morgan fingerprint density at radius 3 is 1.15 bits per heavy atom. The first-order valence-electron chi connectivity index (χ1n) is 18.3. The Labute approximate surface area is 311 Å². The van der Waals surface area contributed by atoms with E-state index in [1.54, 1.807) is 0 Å². The van der Waals surface area contributed by atoms with Crippen LogP contribution in [0.4, 0.5) is 0 Å². The molecule has 0 saturated heterocycles. The third kappa shape index (κ3) is 4.70. The number of nitrogens with zero attached hydrogens (tertiary/aromatic N) is 2. The summed E-state index contributed by atoms with van der Waals surface area (Å²) in [5.74, 6) is 0. The van der Waals surface area contributed by atoms with E-state index in [0.717, 1.165) is 99.1 Å². The number of aryl methyl sites for hydroxylation is 2. The normalized spacial score (nSPS) is 11.9. The first-order chi connectivity index (χ1) is 26.6. The maximum Gasteiger partial charge on any atom is 0.135 e. The van der Waals surface area contributed by atoms with E-state index >= 15 is 0 Å². The Balaban J connectivity index is 0.901. The summed E-state index contributed by atoms with van der Waals surface area (Å²) in [7, 11) is 0. The molecule has 0 spiro atoms. The molecule has 0 aliphatic heterocycles. The minimum atomic E-state index is 0.909. The highest BCUT2D eigenvalue weighted by Crippen LogP contribution is 2.38. The average Bonchev–Trinajstić information content (AvgIpc) is 3.79. The van der Waals surface area contributed by atoms with Crippen LogP contribution in [-0.2, 0) is 0 Å². The summed E-state index contributed by atoms with van der Waals surface area (Å²) in [6.07, 6.45) is 4.01. The van der Waals surface area contributed by atoms with Crippen molar-refractivity contribution in [1.29, 1.82) is 0 Å². The van der Waals surface area contributed by atoms with Gasteiger partial charge < -0.3 is 8.83 Å². The van der Waals surface area contributed by atoms with E-state index in [-0.39, 0.29) is 0 Å². The number of fused-ring (bicyclic) bond motifs is 9. The molecule has 0 N–H and O–H groups in total. The van der Waals surface area contributed by atoms with Crippen LogP contribution in [-0.4, -0.2) is 9.97 Å². The predicted molar refractivity (Wildman–Crippen MR) is 223 cm³/mol. The zero-order valence-electron chi connectivity index (χ0n) is 29.7. The van der Waals surface area contributed by atoms with Crippen LogP contribution in [0.2, 0.25) is 0 Å². The van der Waals surface area contributed by atoms with Gasteiger partial charge in [-0.2, -0.15) is 0 Å². The topological polar surface area (TPSA) is 52.1 Å². The minimum Gasteiger partial charge on any atom is -0.456 e. The summed E-state index contributed by atoms with van der Waals surface area (Å²) in [5, 5.41) is 6.79. The molecule has 11 aromatic rings. The van der Waals surface area contributed by atoms with Crippen molar-refractivity contribution in [2.75, 3.05) is 0 Å². The Bertz CT molecular complexity index is 3060. The molecule has 4 aromatic heterocycles. The molecule has 4 nitrogen and oxygen atoms in total. The standard InChI is InChI=1S/C50H32N2O2/c1-29-37-21-22-38-30(2)44(34-17-13-32(14-18-34)36-20-24-48-42(26-36)40-8-4-6-10-46(40)54-48)28-52-50(38)49(37)51-27-43(29)33-15-11-31(12-16-33)35-19-23-47-41(25-35)39-7-3-5-9-45(39)53-47/h3-28H,1-2H3. The molecule has 0 saturated carbocycles. The van der Waals surface area contributed by atoms with Crippen molar-refractivity contribution in [3.8, 4) is 44.5 Å². The van der Waals surface area contributed by atoms with E-state index < -0.39 is 0 Å². The van der Waals surface area contributed by atoms with Crippen molar-refractivity contribution in [2.45, 2.75) is 13.8 Å². The fourth-order valence-corrected chi connectivity index (χ4v) is 8.27. The molecule has 0 fully saturated rings. The summed E-state index contributed by atoms with van der Waals surface area (Å²) in [4.78, 5) is 10.1. The van der Waals surface area contributed by atoms with Crippen LogP contribution < -0.4 is 0 Å². The van der Waals surface area contributed by atoms with E-state index in [1.165, 1.54) is 22.3 Å². The molecule has 0 unspecified atom stereocenters. The fraction of sp³-hybridized carbons (Fsp3) is 0.0400. The number of benzene rings is 7. The molecule has 254 valence electrons. The van der Waals surface area contributed by atoms with E-state index in [1.807, 2.05) is 36.7 Å². The van der Waals surface area contributed by atoms with Crippen molar-refractivity contribution < 1.29 is 8.83 Å². The predicted octanol–water partition coefficient (Wildman–Crippen LogP) is 13.9. The van der Waals surface area contributed by atoms with Gasteiger partial charge in [0.25, 0.3) is 0 Å². The zero-order valence-corrected chi connectivity index (χ0v) is 29.7. The lowest BCUT2D eigenvalue weighted by atomic mass is 9.93. The molecule has 0 atom stereocenters. The highest BCUT2D eigenvalue weighted by molar-refractivity contribution is 6.09. The van der Waals surface area contributed by atoms with Crippen LogP contribution in [0.3, 0.4) is 0 Å². The lowest BCUT2D eigenvalue weighted by Gasteiger charge is -2.14. The average molecular weight is 693 g/mol. The van der Waals surface area contributed by atoms with E-state index in [9.17, 15) is 0 Å². The largest absolute Gasteiger partial charge is 0.456 e. The van der Waals surface area contributed by atoms with E-state index in [4.69, 9.17) is 18.8 Å². The van der Waals surface area contributed by atoms with Crippen LogP contribution in [0.15, 0.2) is 167 Å². The second kappa shape index (κ2) is 11.7. The second-order valence-electron chi connectivity index (χ2n) is 14.2. The quantitative estimate of drug-likeness (QED) is 0.172. The summed E-state index contributed by atoms with van der Waals surface area (Å²) in [6.45, 7) is 4.37. The molecule has 4 heteroatoms. The Morgan fingerprint density at radius 2 is 0.704 bits per heavy atom. The molecular formula is C50H32N2O2. The molecule has 0 amide bonds. The monoisotopic (exact) mass is 692 g/mol. The molecule has 0 radical (unpaired) electrons. The van der Waals surface area contributed by atoms with E-state index in [2.05, 4.69) is 135 Å². The van der Waals surface area contributed by atoms with Gasteiger partial charge in [-0.15, -0.1) is 0 Å². The lowest BCUT2D eigenvalue weighted by Crippen LogP contribution is -1.94. The zero-order chi connectivity index (χ0) is 35.9. The van der Waals surface area contributed by atoms with Crippen LogP contribution in [0, 0.1) is 13.8 Å². The van der Waals surface area contributed by atoms with Crippen LogP contribution in [0.25, 0.3) is 110 Å². The SMILES string of the molecule is Cc1c(-c2ccc(-c3ccc4oc5ccccc5c4c3)cc2)cnc2c1ccc1c(C)c(-c3ccc(-c4ccc5oc6ccccc6c5c4)cc3)cnc12. The van der Waals surface area contributed by atoms with Crippen LogP contribution in [0.1, 0.15) is 11.1 Å². The number of furan rings is 2. The molecular weight excluding hydrogens is 661 g/mol. The number of rotatable bonds is 4. The molecule has 54 heavy (non-hydrogen) atoms. The molecule has 0 aliphatic carbocycles. The van der Waals surface area contributed by atoms with Gasteiger partial charge in [-0.1, -0.05) is 109 Å². The van der Waals surface area contributed by atoms with Crippen molar-refractivity contribution in [2.24, 2.45) is 0 Å². The third-order valence-corrected chi connectivity index (χ3v) is 11.2. The second-order valence-corrected chi connectivity index (χ2v) is 14.2. The van der Waals surface area contributed by atoms with Gasteiger partial charge >= 0.3 is 0 Å². The number of hydrogen-bond donors (Lipinski definition) is 0. The Kier molecular flexibility index (Phi) is 6.65. The van der Waals surface area contributed by atoms with Crippen molar-refractivity contribution in [1.82, 2.24) is 9.97 Å². The summed E-state index contributed by atoms with van der Waals surface area (Å²) in [5.41, 5.74) is 17.1. The number of para-hydroxylation sites is 2.